The quantitative estimate of drug-likeness (QED) is 0.772. The van der Waals surface area contributed by atoms with Crippen LogP contribution in [0.25, 0.3) is 0 Å². The molecule has 100 valence electrons. The van der Waals surface area contributed by atoms with Gasteiger partial charge in [0.25, 0.3) is 0 Å². The van der Waals surface area contributed by atoms with Crippen molar-refractivity contribution in [3.05, 3.63) is 77.6 Å². The Morgan fingerprint density at radius 1 is 1.05 bits per heavy atom. The molecule has 0 amide bonds. The summed E-state index contributed by atoms with van der Waals surface area (Å²) in [7, 11) is 0. The van der Waals surface area contributed by atoms with E-state index in [1.54, 1.807) is 6.20 Å². The Morgan fingerprint density at radius 2 is 1.90 bits per heavy atom. The van der Waals surface area contributed by atoms with Gasteiger partial charge in [0, 0.05) is 23.1 Å². The van der Waals surface area contributed by atoms with Crippen molar-refractivity contribution in [1.29, 1.82) is 0 Å². The zero-order chi connectivity index (χ0) is 13.8. The van der Waals surface area contributed by atoms with E-state index in [-0.39, 0.29) is 0 Å². The third-order valence-corrected chi connectivity index (χ3v) is 3.22. The van der Waals surface area contributed by atoms with E-state index in [0.717, 1.165) is 28.8 Å². The van der Waals surface area contributed by atoms with E-state index >= 15 is 0 Å². The van der Waals surface area contributed by atoms with Gasteiger partial charge >= 0.3 is 0 Å². The lowest BCUT2D eigenvalue weighted by atomic mass is 10.2. The number of aromatic nitrogens is 2. The molecule has 1 aromatic heterocycles. The molecule has 0 saturated carbocycles. The molecule has 1 heterocycles. The fourth-order valence-electron chi connectivity index (χ4n) is 2.04. The summed E-state index contributed by atoms with van der Waals surface area (Å²) < 4.78 is 2.05. The van der Waals surface area contributed by atoms with Gasteiger partial charge in [-0.2, -0.15) is 0 Å². The smallest absolute Gasteiger partial charge is 0.207 e. The third kappa shape index (κ3) is 3.00. The molecule has 0 aliphatic carbocycles. The summed E-state index contributed by atoms with van der Waals surface area (Å²) in [5.41, 5.74) is 2.16. The number of hydrogen-bond acceptors (Lipinski definition) is 2. The first-order chi connectivity index (χ1) is 9.81. The standard InChI is InChI=1S/C16H14ClN3/c17-14-6-4-5-13(11-14)12-20-10-9-18-16(20)19-15-7-2-1-3-8-15/h1-11H,12H2,(H,18,19). The Bertz CT molecular complexity index is 692. The fourth-order valence-corrected chi connectivity index (χ4v) is 2.26. The third-order valence-electron chi connectivity index (χ3n) is 2.99. The van der Waals surface area contributed by atoms with Gasteiger partial charge in [0.15, 0.2) is 0 Å². The molecule has 0 atom stereocenters. The predicted molar refractivity (Wildman–Crippen MR) is 82.5 cm³/mol. The van der Waals surface area contributed by atoms with Gasteiger partial charge in [-0.05, 0) is 29.8 Å². The maximum absolute atomic E-state index is 6.01. The Kier molecular flexibility index (Phi) is 3.70. The van der Waals surface area contributed by atoms with E-state index in [1.165, 1.54) is 0 Å². The van der Waals surface area contributed by atoms with E-state index < -0.39 is 0 Å². The lowest BCUT2D eigenvalue weighted by Crippen LogP contribution is -2.04. The van der Waals surface area contributed by atoms with E-state index in [2.05, 4.69) is 20.9 Å². The number of hydrogen-bond donors (Lipinski definition) is 1. The highest BCUT2D eigenvalue weighted by Crippen LogP contribution is 2.17. The summed E-state index contributed by atoms with van der Waals surface area (Å²) in [5, 5.41) is 4.06. The molecule has 3 rings (SSSR count). The number of halogens is 1. The molecule has 0 saturated heterocycles. The number of anilines is 2. The molecular formula is C16H14ClN3. The summed E-state index contributed by atoms with van der Waals surface area (Å²) in [6.07, 6.45) is 3.74. The normalized spacial score (nSPS) is 10.4. The Labute approximate surface area is 122 Å². The number of rotatable bonds is 4. The average Bonchev–Trinajstić information content (AvgIpc) is 2.87. The molecule has 0 bridgehead atoms. The minimum Gasteiger partial charge on any atom is -0.326 e. The minimum atomic E-state index is 0.732. The second kappa shape index (κ2) is 5.80. The molecule has 0 spiro atoms. The van der Waals surface area contributed by atoms with Crippen LogP contribution in [0.3, 0.4) is 0 Å². The van der Waals surface area contributed by atoms with Crippen molar-refractivity contribution < 1.29 is 0 Å². The maximum Gasteiger partial charge on any atom is 0.207 e. The summed E-state index contributed by atoms with van der Waals surface area (Å²) in [6, 6.07) is 17.9. The SMILES string of the molecule is Clc1cccc(Cn2ccnc2Nc2ccccc2)c1. The summed E-state index contributed by atoms with van der Waals surface area (Å²) in [4.78, 5) is 4.35. The molecule has 0 aliphatic rings. The van der Waals surface area contributed by atoms with Crippen LogP contribution >= 0.6 is 11.6 Å². The van der Waals surface area contributed by atoms with Gasteiger partial charge in [-0.3, -0.25) is 0 Å². The van der Waals surface area contributed by atoms with Gasteiger partial charge in [-0.15, -0.1) is 0 Å². The van der Waals surface area contributed by atoms with Crippen LogP contribution in [0.5, 0.6) is 0 Å². The zero-order valence-corrected chi connectivity index (χ0v) is 11.6. The molecule has 0 aliphatic heterocycles. The molecule has 3 aromatic rings. The fraction of sp³-hybridized carbons (Fsp3) is 0.0625. The topological polar surface area (TPSA) is 29.9 Å². The van der Waals surface area contributed by atoms with Crippen molar-refractivity contribution >= 4 is 23.2 Å². The molecule has 0 radical (unpaired) electrons. The molecule has 4 heteroatoms. The highest BCUT2D eigenvalue weighted by Gasteiger charge is 2.04. The van der Waals surface area contributed by atoms with Gasteiger partial charge < -0.3 is 9.88 Å². The first kappa shape index (κ1) is 12.8. The van der Waals surface area contributed by atoms with E-state index in [0.29, 0.717) is 0 Å². The Hall–Kier alpha value is -2.26. The molecule has 0 fully saturated rings. The van der Waals surface area contributed by atoms with Crippen LogP contribution in [0.1, 0.15) is 5.56 Å². The highest BCUT2D eigenvalue weighted by atomic mass is 35.5. The highest BCUT2D eigenvalue weighted by molar-refractivity contribution is 6.30. The van der Waals surface area contributed by atoms with Crippen LogP contribution in [-0.4, -0.2) is 9.55 Å². The Morgan fingerprint density at radius 3 is 2.70 bits per heavy atom. The van der Waals surface area contributed by atoms with Crippen molar-refractivity contribution in [3.8, 4) is 0 Å². The number of nitrogens with one attached hydrogen (secondary N) is 1. The molecule has 20 heavy (non-hydrogen) atoms. The first-order valence-electron chi connectivity index (χ1n) is 6.39. The maximum atomic E-state index is 6.01. The molecule has 2 aromatic carbocycles. The largest absolute Gasteiger partial charge is 0.326 e. The number of benzene rings is 2. The number of nitrogens with zero attached hydrogens (tertiary/aromatic N) is 2. The number of imidazole rings is 1. The van der Waals surface area contributed by atoms with Crippen molar-refractivity contribution in [3.63, 3.8) is 0 Å². The van der Waals surface area contributed by atoms with E-state index in [4.69, 9.17) is 11.6 Å². The van der Waals surface area contributed by atoms with Crippen molar-refractivity contribution in [1.82, 2.24) is 9.55 Å². The minimum absolute atomic E-state index is 0.732. The van der Waals surface area contributed by atoms with Gasteiger partial charge in [0.1, 0.15) is 0 Å². The van der Waals surface area contributed by atoms with E-state index in [9.17, 15) is 0 Å². The average molecular weight is 284 g/mol. The molecule has 0 unspecified atom stereocenters. The van der Waals surface area contributed by atoms with Gasteiger partial charge in [0.05, 0.1) is 6.54 Å². The van der Waals surface area contributed by atoms with E-state index in [1.807, 2.05) is 54.7 Å². The summed E-state index contributed by atoms with van der Waals surface area (Å²) >= 11 is 6.01. The van der Waals surface area contributed by atoms with Crippen molar-refractivity contribution in [2.75, 3.05) is 5.32 Å². The Balaban J connectivity index is 1.80. The lowest BCUT2D eigenvalue weighted by molar-refractivity contribution is 0.808. The molecule has 1 N–H and O–H groups in total. The predicted octanol–water partition coefficient (Wildman–Crippen LogP) is 4.33. The zero-order valence-electron chi connectivity index (χ0n) is 10.8. The molecule has 3 nitrogen and oxygen atoms in total. The van der Waals surface area contributed by atoms with Crippen molar-refractivity contribution in [2.45, 2.75) is 6.54 Å². The second-order valence-corrected chi connectivity index (χ2v) is 4.94. The van der Waals surface area contributed by atoms with Gasteiger partial charge in [-0.25, -0.2) is 4.98 Å². The van der Waals surface area contributed by atoms with Crippen molar-refractivity contribution in [2.24, 2.45) is 0 Å². The summed E-state index contributed by atoms with van der Waals surface area (Å²) in [5.74, 6) is 0.816. The number of para-hydroxylation sites is 1. The monoisotopic (exact) mass is 283 g/mol. The van der Waals surface area contributed by atoms with Crippen LogP contribution in [0.15, 0.2) is 67.0 Å². The van der Waals surface area contributed by atoms with Crippen LogP contribution in [-0.2, 0) is 6.54 Å². The second-order valence-electron chi connectivity index (χ2n) is 4.50. The van der Waals surface area contributed by atoms with Crippen LogP contribution in [0, 0.1) is 0 Å². The first-order valence-corrected chi connectivity index (χ1v) is 6.77. The van der Waals surface area contributed by atoms with Crippen LogP contribution < -0.4 is 5.32 Å². The lowest BCUT2D eigenvalue weighted by Gasteiger charge is -2.10. The van der Waals surface area contributed by atoms with Gasteiger partial charge in [0.2, 0.25) is 5.95 Å². The van der Waals surface area contributed by atoms with Crippen LogP contribution in [0.4, 0.5) is 11.6 Å². The summed E-state index contributed by atoms with van der Waals surface area (Å²) in [6.45, 7) is 0.732. The van der Waals surface area contributed by atoms with Gasteiger partial charge in [-0.1, -0.05) is 41.9 Å². The van der Waals surface area contributed by atoms with Crippen LogP contribution in [0.2, 0.25) is 5.02 Å². The molecular weight excluding hydrogens is 270 g/mol.